The Morgan fingerprint density at radius 3 is 2.48 bits per heavy atom. The number of carbonyl (C=O) groups is 1. The van der Waals surface area contributed by atoms with E-state index in [-0.39, 0.29) is 10.5 Å². The number of nitrogens with zero attached hydrogens (tertiary/aromatic N) is 1. The van der Waals surface area contributed by atoms with E-state index in [0.29, 0.717) is 22.8 Å². The van der Waals surface area contributed by atoms with E-state index in [1.807, 2.05) is 6.92 Å². The van der Waals surface area contributed by atoms with Crippen molar-refractivity contribution in [2.75, 3.05) is 6.61 Å². The summed E-state index contributed by atoms with van der Waals surface area (Å²) in [6, 6.07) is 12.6. The van der Waals surface area contributed by atoms with E-state index in [1.54, 1.807) is 37.3 Å². The van der Waals surface area contributed by atoms with Crippen molar-refractivity contribution in [3.63, 3.8) is 0 Å². The molecule has 0 radical (unpaired) electrons. The van der Waals surface area contributed by atoms with Gasteiger partial charge in [0.05, 0.1) is 16.1 Å². The molecule has 7 nitrogen and oxygen atoms in total. The van der Waals surface area contributed by atoms with E-state index >= 15 is 0 Å². The van der Waals surface area contributed by atoms with Crippen molar-refractivity contribution in [1.82, 2.24) is 0 Å². The predicted molar refractivity (Wildman–Crippen MR) is 112 cm³/mol. The predicted octanol–water partition coefficient (Wildman–Crippen LogP) is 5.28. The van der Waals surface area contributed by atoms with Gasteiger partial charge in [-0.25, -0.2) is 4.79 Å². The van der Waals surface area contributed by atoms with Gasteiger partial charge in [-0.2, -0.15) is 0 Å². The maximum Gasteiger partial charge on any atom is 0.381 e. The number of carbonyl (C=O) groups excluding carboxylic acids is 1. The molecule has 156 valence electrons. The first-order valence-corrected chi connectivity index (χ1v) is 11.0. The topological polar surface area (TPSA) is 94.4 Å². The molecule has 10 heteroatoms. The first-order chi connectivity index (χ1) is 13.7. The number of hydrogen-bond donors (Lipinski definition) is 1. The molecule has 0 heterocycles. The van der Waals surface area contributed by atoms with Gasteiger partial charge >= 0.3 is 13.6 Å². The fourth-order valence-electron chi connectivity index (χ4n) is 2.05. The van der Waals surface area contributed by atoms with Crippen molar-refractivity contribution in [3.8, 4) is 5.75 Å². The zero-order chi connectivity index (χ0) is 21.4. The van der Waals surface area contributed by atoms with Crippen LogP contribution in [-0.2, 0) is 18.7 Å². The number of hydrogen-bond acceptors (Lipinski definition) is 6. The summed E-state index contributed by atoms with van der Waals surface area (Å²) in [6.45, 7) is 2.97. The van der Waals surface area contributed by atoms with Crippen molar-refractivity contribution in [2.24, 2.45) is 5.16 Å². The minimum absolute atomic E-state index is 0.269. The highest BCUT2D eigenvalue weighted by Crippen LogP contribution is 2.47. The van der Waals surface area contributed by atoms with Crippen molar-refractivity contribution in [1.29, 1.82) is 0 Å². The Hall–Kier alpha value is -1.89. The Bertz CT molecular complexity index is 922. The van der Waals surface area contributed by atoms with Crippen LogP contribution in [0, 0.1) is 0 Å². The van der Waals surface area contributed by atoms with Crippen LogP contribution in [0.2, 0.25) is 10.0 Å². The van der Waals surface area contributed by atoms with E-state index in [1.165, 1.54) is 18.2 Å². The number of benzene rings is 2. The molecule has 1 N–H and O–H groups in total. The summed E-state index contributed by atoms with van der Waals surface area (Å²) in [6.07, 6.45) is 0.0256. The fourth-order valence-corrected chi connectivity index (χ4v) is 3.70. The summed E-state index contributed by atoms with van der Waals surface area (Å²) in [4.78, 5) is 27.1. The molecule has 2 unspecified atom stereocenters. The van der Waals surface area contributed by atoms with Crippen LogP contribution in [0.3, 0.4) is 0 Å². The van der Waals surface area contributed by atoms with Gasteiger partial charge in [-0.1, -0.05) is 65.6 Å². The summed E-state index contributed by atoms with van der Waals surface area (Å²) in [7, 11) is -4.34. The van der Waals surface area contributed by atoms with Gasteiger partial charge in [0.15, 0.2) is 12.1 Å². The van der Waals surface area contributed by atoms with Gasteiger partial charge in [-0.05, 0) is 25.5 Å². The molecular formula is C19H20Cl2NO6P. The van der Waals surface area contributed by atoms with E-state index in [2.05, 4.69) is 5.16 Å². The highest BCUT2D eigenvalue weighted by Gasteiger charge is 2.32. The van der Waals surface area contributed by atoms with Crippen LogP contribution in [0.15, 0.2) is 53.7 Å². The third kappa shape index (κ3) is 7.14. The third-order valence-electron chi connectivity index (χ3n) is 3.68. The van der Waals surface area contributed by atoms with Crippen LogP contribution in [0.1, 0.15) is 25.8 Å². The van der Waals surface area contributed by atoms with Crippen molar-refractivity contribution >= 4 is 42.2 Å². The average molecular weight is 460 g/mol. The normalized spacial score (nSPS) is 14.7. The van der Waals surface area contributed by atoms with Gasteiger partial charge in [0, 0.05) is 11.6 Å². The van der Waals surface area contributed by atoms with E-state index in [0.717, 1.165) is 0 Å². The molecule has 0 aromatic heterocycles. The molecule has 0 amide bonds. The van der Waals surface area contributed by atoms with Crippen LogP contribution in [0.5, 0.6) is 5.75 Å². The first kappa shape index (κ1) is 23.4. The van der Waals surface area contributed by atoms with E-state index in [4.69, 9.17) is 37.3 Å². The molecule has 0 saturated carbocycles. The lowest BCUT2D eigenvalue weighted by molar-refractivity contribution is -0.145. The molecular weight excluding hydrogens is 440 g/mol. The lowest BCUT2D eigenvalue weighted by Gasteiger charge is -2.18. The highest BCUT2D eigenvalue weighted by molar-refractivity contribution is 7.72. The molecule has 2 rings (SSSR count). The van der Waals surface area contributed by atoms with Crippen LogP contribution >= 0.6 is 30.8 Å². The second-order valence-corrected chi connectivity index (χ2v) is 8.44. The molecule has 0 aliphatic heterocycles. The zero-order valence-corrected chi connectivity index (χ0v) is 18.2. The zero-order valence-electron chi connectivity index (χ0n) is 15.7. The molecule has 2 aromatic rings. The van der Waals surface area contributed by atoms with Crippen LogP contribution in [0.25, 0.3) is 0 Å². The maximum atomic E-state index is 12.7. The lowest BCUT2D eigenvalue weighted by atomic mass is 10.2. The minimum Gasteiger partial charge on any atom is -0.482 e. The molecule has 0 fully saturated rings. The molecule has 0 bridgehead atoms. The molecule has 0 aliphatic rings. The molecule has 0 spiro atoms. The van der Waals surface area contributed by atoms with Gasteiger partial charge in [0.2, 0.25) is 0 Å². The van der Waals surface area contributed by atoms with Crippen molar-refractivity contribution in [3.05, 3.63) is 64.1 Å². The third-order valence-corrected chi connectivity index (χ3v) is 5.94. The molecule has 0 saturated heterocycles. The fraction of sp³-hybridized carbons (Fsp3) is 0.263. The van der Waals surface area contributed by atoms with Crippen LogP contribution in [-0.4, -0.2) is 29.0 Å². The Morgan fingerprint density at radius 2 is 1.86 bits per heavy atom. The monoisotopic (exact) mass is 459 g/mol. The van der Waals surface area contributed by atoms with Crippen LogP contribution < -0.4 is 4.74 Å². The number of rotatable bonds is 9. The first-order valence-electron chi connectivity index (χ1n) is 8.65. The van der Waals surface area contributed by atoms with Gasteiger partial charge in [-0.3, -0.25) is 4.57 Å². The van der Waals surface area contributed by atoms with Crippen molar-refractivity contribution < 1.29 is 28.4 Å². The Kier molecular flexibility index (Phi) is 8.68. The maximum absolute atomic E-state index is 12.7. The van der Waals surface area contributed by atoms with Gasteiger partial charge in [-0.15, -0.1) is 0 Å². The summed E-state index contributed by atoms with van der Waals surface area (Å²) >= 11 is 11.7. The molecule has 0 aliphatic carbocycles. The van der Waals surface area contributed by atoms with Crippen molar-refractivity contribution in [2.45, 2.75) is 26.4 Å². The van der Waals surface area contributed by atoms with E-state index in [9.17, 15) is 14.3 Å². The standard InChI is InChI=1S/C19H20Cl2NO6P/c1-3-13(2)28-29(24,25)19(14-7-5-4-6-8-14)22-27-18(23)12-26-15-9-10-16(20)17(21)11-15/h4-11,13H,3,12H2,1-2H3,(H,24,25). The Morgan fingerprint density at radius 1 is 1.17 bits per heavy atom. The van der Waals surface area contributed by atoms with Gasteiger partial charge in [0.1, 0.15) is 5.75 Å². The van der Waals surface area contributed by atoms with Gasteiger partial charge < -0.3 is 19.0 Å². The summed E-state index contributed by atoms with van der Waals surface area (Å²) in [5.41, 5.74) is -0.0823. The SMILES string of the molecule is CCC(C)OP(=O)(O)C(=NOC(=O)COc1ccc(Cl)c(Cl)c1)c1ccccc1. The summed E-state index contributed by atoms with van der Waals surface area (Å²) in [5, 5.41) is 4.21. The summed E-state index contributed by atoms with van der Waals surface area (Å²) < 4.78 is 23.2. The number of halogens is 2. The average Bonchev–Trinajstić information content (AvgIpc) is 2.69. The molecule has 2 atom stereocenters. The Labute approximate surface area is 178 Å². The molecule has 29 heavy (non-hydrogen) atoms. The largest absolute Gasteiger partial charge is 0.482 e. The second kappa shape index (κ2) is 10.8. The van der Waals surface area contributed by atoms with Crippen LogP contribution in [0.4, 0.5) is 0 Å². The smallest absolute Gasteiger partial charge is 0.381 e. The minimum atomic E-state index is -4.34. The lowest BCUT2D eigenvalue weighted by Crippen LogP contribution is -2.16. The van der Waals surface area contributed by atoms with Gasteiger partial charge in [0.25, 0.3) is 0 Å². The molecule has 2 aromatic carbocycles. The number of oxime groups is 1. The quantitative estimate of drug-likeness (QED) is 0.237. The summed E-state index contributed by atoms with van der Waals surface area (Å²) in [5.74, 6) is -0.579. The second-order valence-electron chi connectivity index (χ2n) is 5.95. The Balaban J connectivity index is 2.13. The highest BCUT2D eigenvalue weighted by atomic mass is 35.5. The number of ether oxygens (including phenoxy) is 1. The van der Waals surface area contributed by atoms with E-state index < -0.39 is 26.3 Å².